The molecule has 0 amide bonds. The first kappa shape index (κ1) is 22.2. The molecule has 1 aromatic carbocycles. The Morgan fingerprint density at radius 1 is 1.19 bits per heavy atom. The van der Waals surface area contributed by atoms with Gasteiger partial charge >= 0.3 is 5.97 Å². The number of esters is 1. The molecule has 0 saturated heterocycles. The molecule has 1 saturated carbocycles. The van der Waals surface area contributed by atoms with Gasteiger partial charge in [-0.3, -0.25) is 4.79 Å². The van der Waals surface area contributed by atoms with Crippen molar-refractivity contribution in [3.8, 4) is 29.0 Å². The van der Waals surface area contributed by atoms with E-state index in [1.807, 2.05) is 25.1 Å². The van der Waals surface area contributed by atoms with Gasteiger partial charge in [-0.1, -0.05) is 18.1 Å². The fraction of sp³-hybridized carbons (Fsp3) is 0.481. The molecule has 4 rings (SSSR count). The van der Waals surface area contributed by atoms with Crippen LogP contribution in [0.15, 0.2) is 36.4 Å². The van der Waals surface area contributed by atoms with Gasteiger partial charge in [0.2, 0.25) is 5.88 Å². The number of aryl methyl sites for hydroxylation is 1. The molecule has 1 aliphatic heterocycles. The van der Waals surface area contributed by atoms with Crippen molar-refractivity contribution in [2.75, 3.05) is 18.6 Å². The van der Waals surface area contributed by atoms with E-state index in [9.17, 15) is 4.79 Å². The van der Waals surface area contributed by atoms with Gasteiger partial charge in [0, 0.05) is 30.8 Å². The van der Waals surface area contributed by atoms with Gasteiger partial charge in [0.25, 0.3) is 0 Å². The summed E-state index contributed by atoms with van der Waals surface area (Å²) in [6.45, 7) is 2.24. The first-order valence-electron chi connectivity index (χ1n) is 11.8. The lowest BCUT2D eigenvalue weighted by Gasteiger charge is -2.33. The van der Waals surface area contributed by atoms with E-state index in [-0.39, 0.29) is 12.0 Å². The number of benzene rings is 1. The van der Waals surface area contributed by atoms with Gasteiger partial charge in [-0.2, -0.15) is 0 Å². The molecule has 5 heteroatoms. The number of ether oxygens (including phenoxy) is 2. The van der Waals surface area contributed by atoms with Gasteiger partial charge in [-0.05, 0) is 69.2 Å². The van der Waals surface area contributed by atoms with Crippen LogP contribution in [-0.4, -0.2) is 36.8 Å². The molecular weight excluding hydrogens is 400 g/mol. The summed E-state index contributed by atoms with van der Waals surface area (Å²) >= 11 is 0. The Morgan fingerprint density at radius 2 is 2.03 bits per heavy atom. The number of anilines is 1. The summed E-state index contributed by atoms with van der Waals surface area (Å²) in [5.41, 5.74) is 4.60. The molecule has 1 fully saturated rings. The van der Waals surface area contributed by atoms with Crippen LogP contribution in [0.5, 0.6) is 5.88 Å². The van der Waals surface area contributed by atoms with Crippen molar-refractivity contribution in [3.63, 3.8) is 0 Å². The van der Waals surface area contributed by atoms with Crippen LogP contribution in [0.3, 0.4) is 0 Å². The third-order valence-electron chi connectivity index (χ3n) is 6.25. The number of hydrogen-bond acceptors (Lipinski definition) is 5. The number of pyridine rings is 1. The highest BCUT2D eigenvalue weighted by molar-refractivity contribution is 5.70. The monoisotopic (exact) mass is 432 g/mol. The van der Waals surface area contributed by atoms with Crippen LogP contribution in [0.1, 0.15) is 57.4 Å². The Morgan fingerprint density at radius 3 is 2.84 bits per heavy atom. The summed E-state index contributed by atoms with van der Waals surface area (Å²) in [5.74, 6) is 7.05. The maximum Gasteiger partial charge on any atom is 0.306 e. The number of hydrogen-bond donors (Lipinski definition) is 0. The number of carbonyl (C=O) groups is 1. The predicted molar refractivity (Wildman–Crippen MR) is 127 cm³/mol. The van der Waals surface area contributed by atoms with Crippen molar-refractivity contribution in [2.45, 2.75) is 70.4 Å². The minimum absolute atomic E-state index is 0.164. The summed E-state index contributed by atoms with van der Waals surface area (Å²) in [6.07, 6.45) is 7.91. The summed E-state index contributed by atoms with van der Waals surface area (Å²) in [7, 11) is 2.09. The zero-order valence-electron chi connectivity index (χ0n) is 19.1. The Bertz CT molecular complexity index is 1000. The number of aromatic nitrogens is 1. The van der Waals surface area contributed by atoms with Crippen LogP contribution in [0.2, 0.25) is 0 Å². The van der Waals surface area contributed by atoms with Crippen LogP contribution < -0.4 is 9.64 Å². The zero-order valence-corrected chi connectivity index (χ0v) is 19.1. The molecular formula is C27H32N2O3. The highest BCUT2D eigenvalue weighted by Gasteiger charge is 2.22. The van der Waals surface area contributed by atoms with E-state index in [4.69, 9.17) is 14.5 Å². The molecule has 0 N–H and O–H groups in total. The SMILES string of the molecule is CCOC(=O)CCC#CC1CCc2cc(-c3cccc(OC4CCCC4)n3)ccc2N1C. The van der Waals surface area contributed by atoms with Gasteiger partial charge in [0.1, 0.15) is 6.10 Å². The van der Waals surface area contributed by atoms with Gasteiger partial charge in [0.05, 0.1) is 24.8 Å². The summed E-state index contributed by atoms with van der Waals surface area (Å²) in [5, 5.41) is 0. The zero-order chi connectivity index (χ0) is 22.3. The van der Waals surface area contributed by atoms with E-state index in [1.54, 1.807) is 0 Å². The van der Waals surface area contributed by atoms with Crippen molar-refractivity contribution < 1.29 is 14.3 Å². The van der Waals surface area contributed by atoms with Crippen LogP contribution in [0.25, 0.3) is 11.3 Å². The molecule has 0 bridgehead atoms. The molecule has 2 heterocycles. The van der Waals surface area contributed by atoms with Crippen LogP contribution in [-0.2, 0) is 16.0 Å². The molecule has 1 atom stereocenters. The second-order valence-electron chi connectivity index (χ2n) is 8.52. The molecule has 0 spiro atoms. The Kier molecular flexibility index (Phi) is 7.32. The molecule has 168 valence electrons. The average molecular weight is 433 g/mol. The van der Waals surface area contributed by atoms with E-state index in [1.165, 1.54) is 24.1 Å². The lowest BCUT2D eigenvalue weighted by atomic mass is 9.94. The highest BCUT2D eigenvalue weighted by Crippen LogP contribution is 2.33. The minimum atomic E-state index is -0.178. The third kappa shape index (κ3) is 5.43. The standard InChI is InChI=1S/C27H32N2O3/c1-3-31-27(30)14-7-4-9-22-17-15-21-19-20(16-18-25(21)29(22)2)24-12-8-13-26(28-24)32-23-10-5-6-11-23/h8,12-13,16,18-19,22-23H,3,5-7,10-11,14-15,17H2,1-2H3. The van der Waals surface area contributed by atoms with E-state index in [2.05, 4.69) is 42.0 Å². The van der Waals surface area contributed by atoms with Gasteiger partial charge in [-0.25, -0.2) is 4.98 Å². The fourth-order valence-corrected chi connectivity index (χ4v) is 4.52. The fourth-order valence-electron chi connectivity index (χ4n) is 4.52. The van der Waals surface area contributed by atoms with Crippen molar-refractivity contribution in [1.29, 1.82) is 0 Å². The number of nitrogens with zero attached hydrogens (tertiary/aromatic N) is 2. The normalized spacial score (nSPS) is 17.9. The van der Waals surface area contributed by atoms with Gasteiger partial charge in [-0.15, -0.1) is 5.92 Å². The lowest BCUT2D eigenvalue weighted by Crippen LogP contribution is -2.35. The number of fused-ring (bicyclic) bond motifs is 1. The quantitative estimate of drug-likeness (QED) is 0.466. The van der Waals surface area contributed by atoms with Crippen molar-refractivity contribution in [1.82, 2.24) is 4.98 Å². The van der Waals surface area contributed by atoms with E-state index >= 15 is 0 Å². The molecule has 5 nitrogen and oxygen atoms in total. The largest absolute Gasteiger partial charge is 0.474 e. The van der Waals surface area contributed by atoms with Crippen molar-refractivity contribution in [2.24, 2.45) is 0 Å². The molecule has 2 aromatic rings. The smallest absolute Gasteiger partial charge is 0.306 e. The van der Waals surface area contributed by atoms with Crippen LogP contribution in [0.4, 0.5) is 5.69 Å². The summed E-state index contributed by atoms with van der Waals surface area (Å²) < 4.78 is 11.1. The number of carbonyl (C=O) groups excluding carboxylic acids is 1. The van der Waals surface area contributed by atoms with Gasteiger partial charge < -0.3 is 14.4 Å². The van der Waals surface area contributed by atoms with Crippen LogP contribution >= 0.6 is 0 Å². The lowest BCUT2D eigenvalue weighted by molar-refractivity contribution is -0.142. The first-order chi connectivity index (χ1) is 15.6. The Labute approximate surface area is 191 Å². The van der Waals surface area contributed by atoms with E-state index in [0.717, 1.165) is 42.8 Å². The summed E-state index contributed by atoms with van der Waals surface area (Å²) in [6, 6.07) is 12.7. The second-order valence-corrected chi connectivity index (χ2v) is 8.52. The predicted octanol–water partition coefficient (Wildman–Crippen LogP) is 5.17. The van der Waals surface area contributed by atoms with Gasteiger partial charge in [0.15, 0.2) is 0 Å². The van der Waals surface area contributed by atoms with E-state index in [0.29, 0.717) is 25.6 Å². The number of rotatable bonds is 6. The van der Waals surface area contributed by atoms with Crippen molar-refractivity contribution >= 4 is 11.7 Å². The van der Waals surface area contributed by atoms with Crippen molar-refractivity contribution in [3.05, 3.63) is 42.0 Å². The molecule has 1 unspecified atom stereocenters. The molecule has 2 aliphatic rings. The third-order valence-corrected chi connectivity index (χ3v) is 6.25. The average Bonchev–Trinajstić information content (AvgIpc) is 3.31. The molecule has 0 radical (unpaired) electrons. The molecule has 1 aliphatic carbocycles. The highest BCUT2D eigenvalue weighted by atomic mass is 16.5. The van der Waals surface area contributed by atoms with E-state index < -0.39 is 0 Å². The Balaban J connectivity index is 1.42. The first-order valence-corrected chi connectivity index (χ1v) is 11.8. The maximum atomic E-state index is 11.5. The molecule has 1 aromatic heterocycles. The second kappa shape index (κ2) is 10.5. The topological polar surface area (TPSA) is 51.7 Å². The maximum absolute atomic E-state index is 11.5. The Hall–Kier alpha value is -3.00. The molecule has 32 heavy (non-hydrogen) atoms. The van der Waals surface area contributed by atoms with Crippen LogP contribution in [0, 0.1) is 11.8 Å². The summed E-state index contributed by atoms with van der Waals surface area (Å²) in [4.78, 5) is 18.5. The minimum Gasteiger partial charge on any atom is -0.474 e.